The molecule has 0 atom stereocenters. The highest BCUT2D eigenvalue weighted by Gasteiger charge is 2.25. The summed E-state index contributed by atoms with van der Waals surface area (Å²) in [5.41, 5.74) is 0.872. The fourth-order valence-electron chi connectivity index (χ4n) is 1.58. The molecule has 1 aromatic rings. The predicted molar refractivity (Wildman–Crippen MR) is 66.5 cm³/mol. The summed E-state index contributed by atoms with van der Waals surface area (Å²) >= 11 is 5.67. The maximum absolute atomic E-state index is 11.6. The van der Waals surface area contributed by atoms with E-state index in [0.29, 0.717) is 5.71 Å². The van der Waals surface area contributed by atoms with Gasteiger partial charge in [0.2, 0.25) is 0 Å². The van der Waals surface area contributed by atoms with Crippen LogP contribution in [0.15, 0.2) is 28.2 Å². The summed E-state index contributed by atoms with van der Waals surface area (Å²) < 4.78 is 31.2. The van der Waals surface area contributed by atoms with Crippen LogP contribution >= 0.6 is 11.6 Å². The van der Waals surface area contributed by atoms with Crippen LogP contribution in [0.2, 0.25) is 5.02 Å². The number of hydrazone groups is 1. The van der Waals surface area contributed by atoms with E-state index in [2.05, 4.69) is 5.10 Å². The van der Waals surface area contributed by atoms with E-state index in [1.54, 1.807) is 6.92 Å². The van der Waals surface area contributed by atoms with Gasteiger partial charge < -0.3 is 0 Å². The van der Waals surface area contributed by atoms with Crippen molar-refractivity contribution in [2.45, 2.75) is 18.2 Å². The molecule has 1 N–H and O–H groups in total. The number of nitrogens with zero attached hydrogens (tertiary/aromatic N) is 2. The Morgan fingerprint density at radius 1 is 1.44 bits per heavy atom. The molecular weight excluding hydrogens is 280 g/mol. The summed E-state index contributed by atoms with van der Waals surface area (Å²) in [7, 11) is -4.43. The highest BCUT2D eigenvalue weighted by molar-refractivity contribution is 7.86. The first-order chi connectivity index (χ1) is 8.29. The standard InChI is InChI=1S/C10H9ClN2O4S/c1-6-4-10(14)13(12-6)7-2-3-8(11)9(5-7)18(15,16)17/h2-3,5H,4H2,1H3,(H,15,16,17). The zero-order valence-electron chi connectivity index (χ0n) is 9.29. The summed E-state index contributed by atoms with van der Waals surface area (Å²) in [6.45, 7) is 1.69. The number of carbonyl (C=O) groups excluding carboxylic acids is 1. The third-order valence-corrected chi connectivity index (χ3v) is 3.69. The molecule has 0 radical (unpaired) electrons. The normalized spacial score (nSPS) is 16.1. The number of carbonyl (C=O) groups is 1. The van der Waals surface area contributed by atoms with Crippen molar-refractivity contribution >= 4 is 39.0 Å². The van der Waals surface area contributed by atoms with Crippen LogP contribution in [0.5, 0.6) is 0 Å². The van der Waals surface area contributed by atoms with E-state index in [1.165, 1.54) is 12.1 Å². The first-order valence-electron chi connectivity index (χ1n) is 4.93. The zero-order valence-corrected chi connectivity index (χ0v) is 10.9. The van der Waals surface area contributed by atoms with Crippen LogP contribution in [0.3, 0.4) is 0 Å². The molecular formula is C10H9ClN2O4S. The smallest absolute Gasteiger partial charge is 0.282 e. The molecule has 0 fully saturated rings. The highest BCUT2D eigenvalue weighted by atomic mass is 35.5. The molecule has 0 spiro atoms. The highest BCUT2D eigenvalue weighted by Crippen LogP contribution is 2.28. The van der Waals surface area contributed by atoms with Crippen LogP contribution in [0, 0.1) is 0 Å². The Hall–Kier alpha value is -1.44. The van der Waals surface area contributed by atoms with Crippen LogP contribution in [0.4, 0.5) is 5.69 Å². The van der Waals surface area contributed by atoms with E-state index >= 15 is 0 Å². The van der Waals surface area contributed by atoms with Gasteiger partial charge in [-0.25, -0.2) is 5.01 Å². The number of hydrogen-bond acceptors (Lipinski definition) is 4. The SMILES string of the molecule is CC1=NN(c2ccc(Cl)c(S(=O)(=O)O)c2)C(=O)C1. The Labute approximate surface area is 109 Å². The number of amides is 1. The maximum Gasteiger partial charge on any atom is 0.296 e. The lowest BCUT2D eigenvalue weighted by Gasteiger charge is -2.13. The molecule has 1 amide bonds. The average Bonchev–Trinajstić information content (AvgIpc) is 2.57. The first-order valence-corrected chi connectivity index (χ1v) is 6.75. The monoisotopic (exact) mass is 288 g/mol. The van der Waals surface area contributed by atoms with Gasteiger partial charge in [0.25, 0.3) is 16.0 Å². The number of hydrogen-bond donors (Lipinski definition) is 1. The van der Waals surface area contributed by atoms with Gasteiger partial charge in [0, 0.05) is 5.71 Å². The molecule has 1 heterocycles. The molecule has 96 valence electrons. The van der Waals surface area contributed by atoms with Gasteiger partial charge >= 0.3 is 0 Å². The van der Waals surface area contributed by atoms with Crippen LogP contribution in [-0.2, 0) is 14.9 Å². The summed E-state index contributed by atoms with van der Waals surface area (Å²) in [6.07, 6.45) is 0.184. The number of halogens is 1. The van der Waals surface area contributed by atoms with Gasteiger partial charge in [-0.1, -0.05) is 11.6 Å². The minimum atomic E-state index is -4.43. The molecule has 6 nitrogen and oxygen atoms in total. The molecule has 2 rings (SSSR count). The van der Waals surface area contributed by atoms with Gasteiger partial charge in [-0.3, -0.25) is 9.35 Å². The average molecular weight is 289 g/mol. The van der Waals surface area contributed by atoms with Crippen molar-refractivity contribution in [1.29, 1.82) is 0 Å². The molecule has 1 aromatic carbocycles. The van der Waals surface area contributed by atoms with Crippen molar-refractivity contribution in [1.82, 2.24) is 0 Å². The van der Waals surface area contributed by atoms with Crippen LogP contribution in [0.1, 0.15) is 13.3 Å². The lowest BCUT2D eigenvalue weighted by Crippen LogP contribution is -2.19. The molecule has 0 unspecified atom stereocenters. The van der Waals surface area contributed by atoms with Crippen LogP contribution in [-0.4, -0.2) is 24.6 Å². The Morgan fingerprint density at radius 2 is 2.11 bits per heavy atom. The zero-order chi connectivity index (χ0) is 13.5. The number of rotatable bonds is 2. The fourth-order valence-corrected chi connectivity index (χ4v) is 2.57. The van der Waals surface area contributed by atoms with Crippen molar-refractivity contribution in [3.05, 3.63) is 23.2 Å². The molecule has 0 aromatic heterocycles. The van der Waals surface area contributed by atoms with Crippen molar-refractivity contribution in [3.63, 3.8) is 0 Å². The lowest BCUT2D eigenvalue weighted by molar-refractivity contribution is -0.116. The molecule has 0 saturated carbocycles. The van der Waals surface area contributed by atoms with Crippen LogP contribution in [0.25, 0.3) is 0 Å². The van der Waals surface area contributed by atoms with Crippen molar-refractivity contribution < 1.29 is 17.8 Å². The lowest BCUT2D eigenvalue weighted by atomic mass is 10.3. The van der Waals surface area contributed by atoms with Crippen molar-refractivity contribution in [3.8, 4) is 0 Å². The number of benzene rings is 1. The maximum atomic E-state index is 11.6. The minimum absolute atomic E-state index is 0.117. The summed E-state index contributed by atoms with van der Waals surface area (Å²) in [5, 5.41) is 4.94. The first kappa shape index (κ1) is 13.0. The van der Waals surface area contributed by atoms with Crippen molar-refractivity contribution in [2.24, 2.45) is 5.10 Å². The third kappa shape index (κ3) is 2.38. The molecule has 1 aliphatic rings. The van der Waals surface area contributed by atoms with E-state index in [4.69, 9.17) is 16.2 Å². The molecule has 0 bridgehead atoms. The van der Waals surface area contributed by atoms with Gasteiger partial charge in [0.05, 0.1) is 17.1 Å². The minimum Gasteiger partial charge on any atom is -0.282 e. The van der Waals surface area contributed by atoms with E-state index in [-0.39, 0.29) is 23.0 Å². The topological polar surface area (TPSA) is 87.0 Å². The Bertz CT molecular complexity index is 654. The third-order valence-electron chi connectivity index (χ3n) is 2.35. The van der Waals surface area contributed by atoms with E-state index in [9.17, 15) is 13.2 Å². The Morgan fingerprint density at radius 3 is 2.61 bits per heavy atom. The van der Waals surface area contributed by atoms with Gasteiger partial charge in [-0.2, -0.15) is 13.5 Å². The summed E-state index contributed by atoms with van der Waals surface area (Å²) in [5.74, 6) is -0.267. The second-order valence-electron chi connectivity index (χ2n) is 3.81. The largest absolute Gasteiger partial charge is 0.296 e. The van der Waals surface area contributed by atoms with Crippen molar-refractivity contribution in [2.75, 3.05) is 5.01 Å². The fraction of sp³-hybridized carbons (Fsp3) is 0.200. The van der Waals surface area contributed by atoms with Gasteiger partial charge in [-0.05, 0) is 25.1 Å². The Kier molecular flexibility index (Phi) is 3.14. The molecule has 0 aliphatic carbocycles. The van der Waals surface area contributed by atoms with E-state index < -0.39 is 15.0 Å². The van der Waals surface area contributed by atoms with Crippen LogP contribution < -0.4 is 5.01 Å². The second-order valence-corrected chi connectivity index (χ2v) is 5.60. The van der Waals surface area contributed by atoms with E-state index in [1.807, 2.05) is 0 Å². The predicted octanol–water partition coefficient (Wildman–Crippen LogP) is 1.70. The number of anilines is 1. The summed E-state index contributed by atoms with van der Waals surface area (Å²) in [6, 6.07) is 3.85. The van der Waals surface area contributed by atoms with E-state index in [0.717, 1.165) is 11.1 Å². The van der Waals surface area contributed by atoms with Gasteiger partial charge in [-0.15, -0.1) is 0 Å². The Balaban J connectivity index is 2.52. The summed E-state index contributed by atoms with van der Waals surface area (Å²) in [4.78, 5) is 11.1. The molecule has 8 heteroatoms. The van der Waals surface area contributed by atoms with Gasteiger partial charge in [0.15, 0.2) is 0 Å². The van der Waals surface area contributed by atoms with Gasteiger partial charge in [0.1, 0.15) is 4.90 Å². The molecule has 0 saturated heterocycles. The second kappa shape index (κ2) is 4.34. The molecule has 1 aliphatic heterocycles. The molecule has 18 heavy (non-hydrogen) atoms. The quantitative estimate of drug-likeness (QED) is 0.839.